The molecule has 3 N–H and O–H groups in total. The van der Waals surface area contributed by atoms with E-state index in [2.05, 4.69) is 17.5 Å². The number of carboxylic acid groups (broad SMARTS) is 2. The van der Waals surface area contributed by atoms with Crippen molar-refractivity contribution in [1.82, 2.24) is 0 Å². The number of fused-ring (bicyclic) bond motifs is 3. The fourth-order valence-electron chi connectivity index (χ4n) is 4.20. The van der Waals surface area contributed by atoms with Gasteiger partial charge < -0.3 is 15.5 Å². The Morgan fingerprint density at radius 2 is 1.77 bits per heavy atom. The Labute approximate surface area is 151 Å². The molecule has 0 amide bonds. The van der Waals surface area contributed by atoms with Crippen LogP contribution >= 0.6 is 0 Å². The number of aryl methyl sites for hydroxylation is 1. The third-order valence-electron chi connectivity index (χ3n) is 5.48. The Hall–Kier alpha value is -3.08. The second kappa shape index (κ2) is 6.02. The molecule has 0 unspecified atom stereocenters. The van der Waals surface area contributed by atoms with E-state index in [1.54, 1.807) is 18.2 Å². The number of anilines is 1. The number of rotatable bonds is 3. The van der Waals surface area contributed by atoms with Gasteiger partial charge in [0.1, 0.15) is 0 Å². The lowest BCUT2D eigenvalue weighted by Crippen LogP contribution is -2.31. The highest BCUT2D eigenvalue weighted by molar-refractivity contribution is 5.93. The highest BCUT2D eigenvalue weighted by Gasteiger charge is 2.40. The third kappa shape index (κ3) is 2.47. The molecule has 132 valence electrons. The Morgan fingerprint density at radius 1 is 1.04 bits per heavy atom. The van der Waals surface area contributed by atoms with Crippen molar-refractivity contribution in [3.05, 3.63) is 76.4 Å². The van der Waals surface area contributed by atoms with Crippen LogP contribution in [0.2, 0.25) is 0 Å². The summed E-state index contributed by atoms with van der Waals surface area (Å²) in [5.74, 6) is -1.60. The zero-order valence-corrected chi connectivity index (χ0v) is 14.3. The van der Waals surface area contributed by atoms with Crippen LogP contribution in [0.3, 0.4) is 0 Å². The topological polar surface area (TPSA) is 86.6 Å². The van der Waals surface area contributed by atoms with Crippen molar-refractivity contribution in [3.63, 3.8) is 0 Å². The zero-order chi connectivity index (χ0) is 18.4. The van der Waals surface area contributed by atoms with E-state index in [1.165, 1.54) is 0 Å². The van der Waals surface area contributed by atoms with Crippen LogP contribution in [-0.2, 0) is 0 Å². The first kappa shape index (κ1) is 16.4. The molecule has 0 saturated carbocycles. The monoisotopic (exact) mass is 349 g/mol. The molecular weight excluding hydrogens is 330 g/mol. The van der Waals surface area contributed by atoms with Gasteiger partial charge in [0.2, 0.25) is 0 Å². The third-order valence-corrected chi connectivity index (χ3v) is 5.48. The lowest BCUT2D eigenvalue weighted by molar-refractivity contribution is 0.0685. The van der Waals surface area contributed by atoms with Gasteiger partial charge in [0, 0.05) is 11.6 Å². The SMILES string of the molecule is Cc1ccc(C(=O)O)c2c1N[C@H](c1ccc(C(=O)O)cc1)[C@H]1CC=C[C@H]21. The van der Waals surface area contributed by atoms with E-state index in [9.17, 15) is 14.7 Å². The van der Waals surface area contributed by atoms with Gasteiger partial charge in [0.05, 0.1) is 17.2 Å². The van der Waals surface area contributed by atoms with Gasteiger partial charge in [0.25, 0.3) is 0 Å². The zero-order valence-electron chi connectivity index (χ0n) is 14.3. The van der Waals surface area contributed by atoms with E-state index in [1.807, 2.05) is 25.1 Å². The fraction of sp³-hybridized carbons (Fsp3) is 0.238. The van der Waals surface area contributed by atoms with Gasteiger partial charge in [-0.3, -0.25) is 0 Å². The van der Waals surface area contributed by atoms with Crippen molar-refractivity contribution in [2.24, 2.45) is 5.92 Å². The Morgan fingerprint density at radius 3 is 2.42 bits per heavy atom. The van der Waals surface area contributed by atoms with E-state index in [4.69, 9.17) is 5.11 Å². The minimum atomic E-state index is -0.944. The molecule has 4 rings (SSSR count). The maximum atomic E-state index is 11.7. The molecule has 0 fully saturated rings. The summed E-state index contributed by atoms with van der Waals surface area (Å²) in [7, 11) is 0. The average molecular weight is 349 g/mol. The molecule has 26 heavy (non-hydrogen) atoms. The number of hydrogen-bond donors (Lipinski definition) is 3. The number of benzene rings is 2. The van der Waals surface area contributed by atoms with Crippen molar-refractivity contribution >= 4 is 17.6 Å². The molecule has 5 nitrogen and oxygen atoms in total. The summed E-state index contributed by atoms with van der Waals surface area (Å²) in [5.41, 5.74) is 4.37. The van der Waals surface area contributed by atoms with Crippen molar-refractivity contribution in [1.29, 1.82) is 0 Å². The summed E-state index contributed by atoms with van der Waals surface area (Å²) in [5, 5.41) is 22.3. The number of carbonyl (C=O) groups is 2. The highest BCUT2D eigenvalue weighted by atomic mass is 16.4. The number of allylic oxidation sites excluding steroid dienone is 2. The van der Waals surface area contributed by atoms with Gasteiger partial charge in [-0.1, -0.05) is 30.4 Å². The van der Waals surface area contributed by atoms with Crippen LogP contribution in [0, 0.1) is 12.8 Å². The van der Waals surface area contributed by atoms with E-state index in [-0.39, 0.29) is 23.4 Å². The predicted octanol–water partition coefficient (Wildman–Crippen LogP) is 4.22. The number of hydrogen-bond acceptors (Lipinski definition) is 3. The van der Waals surface area contributed by atoms with Crippen LogP contribution in [-0.4, -0.2) is 22.2 Å². The molecule has 0 spiro atoms. The van der Waals surface area contributed by atoms with Gasteiger partial charge in [-0.2, -0.15) is 0 Å². The van der Waals surface area contributed by atoms with Crippen molar-refractivity contribution in [3.8, 4) is 0 Å². The lowest BCUT2D eigenvalue weighted by Gasteiger charge is -2.39. The molecule has 0 saturated heterocycles. The first-order valence-corrected chi connectivity index (χ1v) is 8.60. The molecule has 2 aliphatic rings. The Balaban J connectivity index is 1.81. The summed E-state index contributed by atoms with van der Waals surface area (Å²) in [4.78, 5) is 22.8. The smallest absolute Gasteiger partial charge is 0.336 e. The standard InChI is InChI=1S/C21H19NO4/c1-11-5-10-16(21(25)26)17-14-3-2-4-15(14)19(22-18(11)17)12-6-8-13(9-7-12)20(23)24/h2-3,5-10,14-15,19,22H,4H2,1H3,(H,23,24)(H,25,26)/t14-,15-,19+/m0/s1. The van der Waals surface area contributed by atoms with E-state index in [0.29, 0.717) is 5.56 Å². The molecule has 1 aliphatic carbocycles. The second-order valence-corrected chi connectivity index (χ2v) is 6.93. The molecule has 5 heteroatoms. The normalized spacial score (nSPS) is 23.0. The molecule has 3 atom stereocenters. The summed E-state index contributed by atoms with van der Waals surface area (Å²) in [6, 6.07) is 10.4. The summed E-state index contributed by atoms with van der Waals surface area (Å²) in [6.45, 7) is 1.97. The highest BCUT2D eigenvalue weighted by Crippen LogP contribution is 2.51. The first-order valence-electron chi connectivity index (χ1n) is 8.60. The molecular formula is C21H19NO4. The minimum Gasteiger partial charge on any atom is -0.478 e. The molecule has 0 aromatic heterocycles. The van der Waals surface area contributed by atoms with Crippen LogP contribution in [0.25, 0.3) is 0 Å². The largest absolute Gasteiger partial charge is 0.478 e. The van der Waals surface area contributed by atoms with E-state index >= 15 is 0 Å². The second-order valence-electron chi connectivity index (χ2n) is 6.93. The van der Waals surface area contributed by atoms with Crippen molar-refractivity contribution in [2.45, 2.75) is 25.3 Å². The molecule has 1 heterocycles. The van der Waals surface area contributed by atoms with E-state index in [0.717, 1.165) is 28.8 Å². The summed E-state index contributed by atoms with van der Waals surface area (Å²) >= 11 is 0. The Bertz CT molecular complexity index is 930. The lowest BCUT2D eigenvalue weighted by atomic mass is 9.74. The maximum Gasteiger partial charge on any atom is 0.336 e. The van der Waals surface area contributed by atoms with E-state index < -0.39 is 11.9 Å². The van der Waals surface area contributed by atoms with Gasteiger partial charge >= 0.3 is 11.9 Å². The fourth-order valence-corrected chi connectivity index (χ4v) is 4.20. The molecule has 0 bridgehead atoms. The van der Waals surface area contributed by atoms with Crippen LogP contribution in [0.4, 0.5) is 5.69 Å². The van der Waals surface area contributed by atoms with Crippen LogP contribution < -0.4 is 5.32 Å². The van der Waals surface area contributed by atoms with Crippen LogP contribution in [0.1, 0.15) is 55.8 Å². The maximum absolute atomic E-state index is 11.7. The quantitative estimate of drug-likeness (QED) is 0.722. The first-order chi connectivity index (χ1) is 12.5. The number of nitrogens with one attached hydrogen (secondary N) is 1. The minimum absolute atomic E-state index is 0.00749. The van der Waals surface area contributed by atoms with Gasteiger partial charge in [-0.05, 0) is 54.2 Å². The molecule has 1 aliphatic heterocycles. The Kier molecular flexibility index (Phi) is 3.80. The molecule has 2 aromatic carbocycles. The van der Waals surface area contributed by atoms with Gasteiger partial charge in [0.15, 0.2) is 0 Å². The van der Waals surface area contributed by atoms with Crippen molar-refractivity contribution in [2.75, 3.05) is 5.32 Å². The average Bonchev–Trinajstić information content (AvgIpc) is 3.11. The molecule has 0 radical (unpaired) electrons. The number of aromatic carboxylic acids is 2. The molecule has 2 aromatic rings. The van der Waals surface area contributed by atoms with Crippen LogP contribution in [0.15, 0.2) is 48.6 Å². The summed E-state index contributed by atoms with van der Waals surface area (Å²) < 4.78 is 0. The van der Waals surface area contributed by atoms with Crippen molar-refractivity contribution < 1.29 is 19.8 Å². The summed E-state index contributed by atoms with van der Waals surface area (Å²) in [6.07, 6.45) is 5.07. The number of carboxylic acids is 2. The van der Waals surface area contributed by atoms with Gasteiger partial charge in [-0.15, -0.1) is 0 Å². The van der Waals surface area contributed by atoms with Crippen LogP contribution in [0.5, 0.6) is 0 Å². The predicted molar refractivity (Wildman–Crippen MR) is 97.9 cm³/mol. The van der Waals surface area contributed by atoms with Gasteiger partial charge in [-0.25, -0.2) is 9.59 Å².